The lowest BCUT2D eigenvalue weighted by Crippen LogP contribution is -2.02. The molecule has 0 aliphatic heterocycles. The fraction of sp³-hybridized carbons (Fsp3) is 0.763. The molecular weight excluding hydrogens is 472 g/mol. The van der Waals surface area contributed by atoms with Crippen molar-refractivity contribution in [1.29, 1.82) is 0 Å². The standard InChI is InChI=1S/C38H67O/c1-3-5-7-9-11-13-15-17-19-20-21-22-24-26-28-30-32-34-36-38(37-39)35-33-31-29-27-25-23-18-16-14-12-10-8-6-4-2/h11,13,17,19,21-22,26,28,38H,3-10,12,14-16,18,20,23-25,27,29-36H2,1-2H3/b13-11-,19-17-,22-21-,28-26-. The van der Waals surface area contributed by atoms with Crippen molar-refractivity contribution >= 4 is 6.29 Å². The molecule has 1 atom stereocenters. The molecule has 1 radical (unpaired) electrons. The number of carbonyl (C=O) groups excluding carboxylic acids is 1. The number of allylic oxidation sites excluding steroid dienone is 8. The van der Waals surface area contributed by atoms with Crippen molar-refractivity contribution in [3.8, 4) is 0 Å². The van der Waals surface area contributed by atoms with Crippen molar-refractivity contribution in [2.45, 2.75) is 181 Å². The van der Waals surface area contributed by atoms with Gasteiger partial charge in [-0.05, 0) is 57.8 Å². The summed E-state index contributed by atoms with van der Waals surface area (Å²) in [4.78, 5) is 11.3. The van der Waals surface area contributed by atoms with Gasteiger partial charge in [0.05, 0.1) is 0 Å². The SMILES string of the molecule is CCCCC/C=C\C/C=C\C/C=C\C/C=C\CCCCC([C]=O)CCCCCCCCCCCCCCCC. The Balaban J connectivity index is 3.46. The van der Waals surface area contributed by atoms with Crippen LogP contribution < -0.4 is 0 Å². The van der Waals surface area contributed by atoms with Gasteiger partial charge in [-0.2, -0.15) is 0 Å². The first-order valence-corrected chi connectivity index (χ1v) is 17.3. The van der Waals surface area contributed by atoms with E-state index in [9.17, 15) is 4.79 Å². The number of hydrogen-bond acceptors (Lipinski definition) is 1. The van der Waals surface area contributed by atoms with Crippen LogP contribution in [-0.4, -0.2) is 6.29 Å². The Kier molecular flexibility index (Phi) is 33.4. The van der Waals surface area contributed by atoms with Gasteiger partial charge in [0.2, 0.25) is 6.29 Å². The highest BCUT2D eigenvalue weighted by Crippen LogP contribution is 2.18. The molecule has 0 aliphatic carbocycles. The van der Waals surface area contributed by atoms with Gasteiger partial charge in [0.15, 0.2) is 0 Å². The quantitative estimate of drug-likeness (QED) is 0.0632. The Bertz CT molecular complexity index is 582. The molecule has 0 heterocycles. The molecule has 0 N–H and O–H groups in total. The van der Waals surface area contributed by atoms with Gasteiger partial charge in [-0.3, -0.25) is 4.79 Å². The van der Waals surface area contributed by atoms with Crippen LogP contribution in [0.25, 0.3) is 0 Å². The number of hydrogen-bond donors (Lipinski definition) is 0. The van der Waals surface area contributed by atoms with Crippen molar-refractivity contribution in [2.75, 3.05) is 0 Å². The van der Waals surface area contributed by atoms with Crippen LogP contribution in [0.5, 0.6) is 0 Å². The summed E-state index contributed by atoms with van der Waals surface area (Å²) in [6.07, 6.45) is 53.8. The van der Waals surface area contributed by atoms with Gasteiger partial charge in [0, 0.05) is 5.92 Å². The highest BCUT2D eigenvalue weighted by Gasteiger charge is 2.07. The van der Waals surface area contributed by atoms with E-state index in [0.717, 1.165) is 44.9 Å². The van der Waals surface area contributed by atoms with Crippen LogP contribution in [-0.2, 0) is 4.79 Å². The smallest absolute Gasteiger partial charge is 0.201 e. The summed E-state index contributed by atoms with van der Waals surface area (Å²) in [5.41, 5.74) is 0. The van der Waals surface area contributed by atoms with Crippen molar-refractivity contribution in [1.82, 2.24) is 0 Å². The minimum absolute atomic E-state index is 0.166. The summed E-state index contributed by atoms with van der Waals surface area (Å²) in [7, 11) is 0. The maximum Gasteiger partial charge on any atom is 0.201 e. The Morgan fingerprint density at radius 3 is 1.13 bits per heavy atom. The van der Waals surface area contributed by atoms with Crippen molar-refractivity contribution < 1.29 is 4.79 Å². The van der Waals surface area contributed by atoms with Gasteiger partial charge in [0.1, 0.15) is 0 Å². The molecule has 0 fully saturated rings. The molecule has 0 bridgehead atoms. The molecule has 0 saturated carbocycles. The predicted molar refractivity (Wildman–Crippen MR) is 177 cm³/mol. The van der Waals surface area contributed by atoms with Crippen LogP contribution in [0.2, 0.25) is 0 Å². The highest BCUT2D eigenvalue weighted by molar-refractivity contribution is 5.54. The van der Waals surface area contributed by atoms with Crippen LogP contribution in [0.4, 0.5) is 0 Å². The third-order valence-electron chi connectivity index (χ3n) is 7.70. The highest BCUT2D eigenvalue weighted by atomic mass is 16.1. The number of unbranched alkanes of at least 4 members (excludes halogenated alkanes) is 18. The zero-order chi connectivity index (χ0) is 28.3. The summed E-state index contributed by atoms with van der Waals surface area (Å²) in [6.45, 7) is 4.54. The lowest BCUT2D eigenvalue weighted by molar-refractivity contribution is 0.455. The second-order valence-electron chi connectivity index (χ2n) is 11.6. The molecule has 0 rings (SSSR count). The molecular formula is C38H67O. The second kappa shape index (κ2) is 34.7. The third-order valence-corrected chi connectivity index (χ3v) is 7.70. The average molecular weight is 540 g/mol. The summed E-state index contributed by atoms with van der Waals surface area (Å²) in [5.74, 6) is 0.166. The van der Waals surface area contributed by atoms with Gasteiger partial charge < -0.3 is 0 Å². The molecule has 0 aromatic carbocycles. The van der Waals surface area contributed by atoms with Gasteiger partial charge >= 0.3 is 0 Å². The van der Waals surface area contributed by atoms with Gasteiger partial charge in [0.25, 0.3) is 0 Å². The lowest BCUT2D eigenvalue weighted by atomic mass is 9.95. The second-order valence-corrected chi connectivity index (χ2v) is 11.6. The molecule has 1 nitrogen and oxygen atoms in total. The first-order valence-electron chi connectivity index (χ1n) is 17.3. The maximum atomic E-state index is 11.3. The summed E-state index contributed by atoms with van der Waals surface area (Å²) >= 11 is 0. The Labute approximate surface area is 246 Å². The molecule has 0 saturated heterocycles. The molecule has 0 spiro atoms. The van der Waals surface area contributed by atoms with Crippen LogP contribution in [0.1, 0.15) is 181 Å². The Morgan fingerprint density at radius 1 is 0.410 bits per heavy atom. The van der Waals surface area contributed by atoms with Crippen LogP contribution in [0, 0.1) is 5.92 Å². The molecule has 0 aliphatic rings. The summed E-state index contributed by atoms with van der Waals surface area (Å²) < 4.78 is 0. The molecule has 1 heteroatoms. The van der Waals surface area contributed by atoms with Crippen LogP contribution >= 0.6 is 0 Å². The Morgan fingerprint density at radius 2 is 0.718 bits per heavy atom. The van der Waals surface area contributed by atoms with Crippen molar-refractivity contribution in [2.24, 2.45) is 5.92 Å². The molecule has 0 aromatic heterocycles. The van der Waals surface area contributed by atoms with Gasteiger partial charge in [-0.15, -0.1) is 0 Å². The van der Waals surface area contributed by atoms with Crippen molar-refractivity contribution in [3.05, 3.63) is 48.6 Å². The fourth-order valence-corrected chi connectivity index (χ4v) is 5.06. The van der Waals surface area contributed by atoms with E-state index in [1.54, 1.807) is 0 Å². The minimum atomic E-state index is 0.166. The minimum Gasteiger partial charge on any atom is -0.291 e. The largest absolute Gasteiger partial charge is 0.291 e. The molecule has 0 aromatic rings. The van der Waals surface area contributed by atoms with Gasteiger partial charge in [-0.25, -0.2) is 0 Å². The number of rotatable bonds is 31. The van der Waals surface area contributed by atoms with E-state index in [-0.39, 0.29) is 5.92 Å². The summed E-state index contributed by atoms with van der Waals surface area (Å²) in [6, 6.07) is 0. The zero-order valence-corrected chi connectivity index (χ0v) is 26.5. The van der Waals surface area contributed by atoms with E-state index in [1.807, 2.05) is 0 Å². The first kappa shape index (κ1) is 37.6. The molecule has 225 valence electrons. The first-order chi connectivity index (χ1) is 19.3. The fourth-order valence-electron chi connectivity index (χ4n) is 5.06. The zero-order valence-electron chi connectivity index (χ0n) is 26.5. The average Bonchev–Trinajstić information content (AvgIpc) is 2.95. The van der Waals surface area contributed by atoms with E-state index in [1.165, 1.54) is 122 Å². The molecule has 1 unspecified atom stereocenters. The normalized spacial score (nSPS) is 13.1. The monoisotopic (exact) mass is 540 g/mol. The van der Waals surface area contributed by atoms with Crippen molar-refractivity contribution in [3.63, 3.8) is 0 Å². The van der Waals surface area contributed by atoms with E-state index in [2.05, 4.69) is 68.7 Å². The predicted octanol–water partition coefficient (Wildman–Crippen LogP) is 13.1. The topological polar surface area (TPSA) is 17.1 Å². The summed E-state index contributed by atoms with van der Waals surface area (Å²) in [5, 5.41) is 0. The third kappa shape index (κ3) is 32.7. The van der Waals surface area contributed by atoms with Gasteiger partial charge in [-0.1, -0.05) is 172 Å². The Hall–Kier alpha value is -1.37. The maximum absolute atomic E-state index is 11.3. The molecule has 0 amide bonds. The van der Waals surface area contributed by atoms with E-state index < -0.39 is 0 Å². The van der Waals surface area contributed by atoms with Crippen LogP contribution in [0.15, 0.2) is 48.6 Å². The van der Waals surface area contributed by atoms with Crippen LogP contribution in [0.3, 0.4) is 0 Å². The van der Waals surface area contributed by atoms with E-state index in [4.69, 9.17) is 0 Å². The molecule has 39 heavy (non-hydrogen) atoms. The van der Waals surface area contributed by atoms with E-state index in [0.29, 0.717) is 0 Å². The van der Waals surface area contributed by atoms with E-state index >= 15 is 0 Å². The lowest BCUT2D eigenvalue weighted by Gasteiger charge is -2.09.